The van der Waals surface area contributed by atoms with Gasteiger partial charge < -0.3 is 19.8 Å². The summed E-state index contributed by atoms with van der Waals surface area (Å²) in [7, 11) is 0. The van der Waals surface area contributed by atoms with Crippen molar-refractivity contribution in [1.82, 2.24) is 19.9 Å². The van der Waals surface area contributed by atoms with Gasteiger partial charge in [0.25, 0.3) is 0 Å². The van der Waals surface area contributed by atoms with E-state index in [2.05, 4.69) is 25.9 Å². The quantitative estimate of drug-likeness (QED) is 0.464. The van der Waals surface area contributed by atoms with Crippen molar-refractivity contribution in [2.24, 2.45) is 0 Å². The number of terminal acetylenes is 1. The molecule has 0 saturated carbocycles. The Labute approximate surface area is 217 Å². The van der Waals surface area contributed by atoms with Crippen LogP contribution in [0.25, 0.3) is 11.4 Å². The number of ether oxygens (including phenoxy) is 1. The number of aryl methyl sites for hydroxylation is 1. The molecule has 4 rings (SSSR count). The van der Waals surface area contributed by atoms with Crippen LogP contribution < -0.4 is 4.90 Å². The van der Waals surface area contributed by atoms with E-state index >= 15 is 0 Å². The third kappa shape index (κ3) is 5.44. The van der Waals surface area contributed by atoms with Gasteiger partial charge in [0.15, 0.2) is 17.9 Å². The van der Waals surface area contributed by atoms with Gasteiger partial charge in [0.05, 0.1) is 29.0 Å². The van der Waals surface area contributed by atoms with Crippen molar-refractivity contribution < 1.29 is 23.7 Å². The number of pyridine rings is 2. The standard InChI is InChI=1S/C26H22ClF2N5O3/c1-5-16-9-22(37-13-20-17(29)8-15(28)12-32-20)23(27)24(35)34(16)21-10-19(31-11-14(21)2)18-6-7-30-25(33-18)26(3,4)36/h1,6-12,24,35-36H,13H2,2-4H3. The largest absolute Gasteiger partial charge is 0.486 e. The minimum absolute atomic E-state index is 0.0152. The van der Waals surface area contributed by atoms with Crippen LogP contribution >= 0.6 is 11.6 Å². The van der Waals surface area contributed by atoms with Gasteiger partial charge in [-0.1, -0.05) is 17.5 Å². The second-order valence-electron chi connectivity index (χ2n) is 8.68. The van der Waals surface area contributed by atoms with Crippen molar-refractivity contribution in [3.8, 4) is 23.7 Å². The van der Waals surface area contributed by atoms with Gasteiger partial charge in [-0.2, -0.15) is 0 Å². The summed E-state index contributed by atoms with van der Waals surface area (Å²) >= 11 is 6.42. The molecule has 0 bridgehead atoms. The summed E-state index contributed by atoms with van der Waals surface area (Å²) in [5, 5.41) is 21.3. The van der Waals surface area contributed by atoms with Crippen molar-refractivity contribution in [2.45, 2.75) is 39.2 Å². The van der Waals surface area contributed by atoms with Gasteiger partial charge in [0.1, 0.15) is 34.5 Å². The van der Waals surface area contributed by atoms with E-state index in [1.165, 1.54) is 17.2 Å². The number of nitrogens with zero attached hydrogens (tertiary/aromatic N) is 5. The number of allylic oxidation sites excluding steroid dienone is 2. The second kappa shape index (κ2) is 10.2. The molecule has 0 aliphatic carbocycles. The fourth-order valence-electron chi connectivity index (χ4n) is 3.52. The third-order valence-corrected chi connectivity index (χ3v) is 5.81. The lowest BCUT2D eigenvalue weighted by Crippen LogP contribution is -2.38. The van der Waals surface area contributed by atoms with Gasteiger partial charge in [-0.3, -0.25) is 9.97 Å². The Morgan fingerprint density at radius 2 is 1.95 bits per heavy atom. The Kier molecular flexibility index (Phi) is 7.23. The highest BCUT2D eigenvalue weighted by Crippen LogP contribution is 2.36. The molecule has 4 heterocycles. The van der Waals surface area contributed by atoms with Crippen LogP contribution in [0.15, 0.2) is 59.4 Å². The fourth-order valence-corrected chi connectivity index (χ4v) is 3.73. The smallest absolute Gasteiger partial charge is 0.172 e. The van der Waals surface area contributed by atoms with Gasteiger partial charge in [-0.15, -0.1) is 6.42 Å². The van der Waals surface area contributed by atoms with E-state index in [-0.39, 0.29) is 34.6 Å². The van der Waals surface area contributed by atoms with Gasteiger partial charge >= 0.3 is 0 Å². The zero-order valence-electron chi connectivity index (χ0n) is 20.1. The molecule has 0 saturated heterocycles. The second-order valence-corrected chi connectivity index (χ2v) is 9.09. The van der Waals surface area contributed by atoms with Crippen LogP contribution in [0.5, 0.6) is 0 Å². The van der Waals surface area contributed by atoms with E-state index in [9.17, 15) is 19.0 Å². The van der Waals surface area contributed by atoms with Gasteiger partial charge in [0.2, 0.25) is 0 Å². The first-order valence-electron chi connectivity index (χ1n) is 11.0. The number of aliphatic hydroxyl groups is 2. The molecule has 0 fully saturated rings. The summed E-state index contributed by atoms with van der Waals surface area (Å²) in [5.41, 5.74) is 0.867. The molecule has 2 N–H and O–H groups in total. The van der Waals surface area contributed by atoms with Crippen LogP contribution in [0.1, 0.15) is 30.9 Å². The van der Waals surface area contributed by atoms with Crippen molar-refractivity contribution in [3.63, 3.8) is 0 Å². The first kappa shape index (κ1) is 26.2. The number of rotatable bonds is 6. The zero-order chi connectivity index (χ0) is 26.9. The van der Waals surface area contributed by atoms with Crippen LogP contribution in [0.3, 0.4) is 0 Å². The lowest BCUT2D eigenvalue weighted by molar-refractivity contribution is 0.0688. The van der Waals surface area contributed by atoms with E-state index in [4.69, 9.17) is 22.8 Å². The van der Waals surface area contributed by atoms with Crippen molar-refractivity contribution in [1.29, 1.82) is 0 Å². The molecule has 1 unspecified atom stereocenters. The molecule has 8 nitrogen and oxygen atoms in total. The molecule has 11 heteroatoms. The minimum Gasteiger partial charge on any atom is -0.486 e. The molecule has 190 valence electrons. The summed E-state index contributed by atoms with van der Waals surface area (Å²) in [6.07, 6.45) is 9.70. The number of hydrogen-bond acceptors (Lipinski definition) is 8. The Morgan fingerprint density at radius 3 is 2.62 bits per heavy atom. The lowest BCUT2D eigenvalue weighted by atomic mass is 10.1. The van der Waals surface area contributed by atoms with Gasteiger partial charge in [0, 0.05) is 24.5 Å². The Morgan fingerprint density at radius 1 is 1.19 bits per heavy atom. The van der Waals surface area contributed by atoms with E-state index in [0.29, 0.717) is 28.7 Å². The highest BCUT2D eigenvalue weighted by Gasteiger charge is 2.31. The number of hydrogen-bond donors (Lipinski definition) is 2. The van der Waals surface area contributed by atoms with Gasteiger partial charge in [-0.25, -0.2) is 18.7 Å². The van der Waals surface area contributed by atoms with Crippen LogP contribution in [0.4, 0.5) is 14.5 Å². The molecule has 0 spiro atoms. The molecular formula is C26H22ClF2N5O3. The molecule has 0 amide bonds. The molecule has 1 atom stereocenters. The fraction of sp³-hybridized carbons (Fsp3) is 0.231. The number of aromatic nitrogens is 4. The highest BCUT2D eigenvalue weighted by atomic mass is 35.5. The SMILES string of the molecule is C#CC1=CC(OCc2ncc(F)cc2F)=C(Cl)C(O)N1c1cc(-c2ccnc(C(C)(C)O)n2)ncc1C. The zero-order valence-corrected chi connectivity index (χ0v) is 20.8. The average molecular weight is 526 g/mol. The van der Waals surface area contributed by atoms with E-state index in [1.54, 1.807) is 39.1 Å². The van der Waals surface area contributed by atoms with E-state index in [0.717, 1.165) is 6.20 Å². The molecule has 37 heavy (non-hydrogen) atoms. The molecule has 1 aliphatic heterocycles. The highest BCUT2D eigenvalue weighted by molar-refractivity contribution is 6.31. The molecular weight excluding hydrogens is 504 g/mol. The topological polar surface area (TPSA) is 104 Å². The minimum atomic E-state index is -1.44. The number of aliphatic hydroxyl groups excluding tert-OH is 1. The van der Waals surface area contributed by atoms with Crippen molar-refractivity contribution in [3.05, 3.63) is 88.1 Å². The Bertz CT molecular complexity index is 1460. The summed E-state index contributed by atoms with van der Waals surface area (Å²) in [6, 6.07) is 4.00. The van der Waals surface area contributed by atoms with Crippen LogP contribution in [0.2, 0.25) is 0 Å². The first-order valence-corrected chi connectivity index (χ1v) is 11.4. The first-order chi connectivity index (χ1) is 17.5. The normalized spacial score (nSPS) is 15.9. The summed E-state index contributed by atoms with van der Waals surface area (Å²) in [5.74, 6) is 1.04. The maximum atomic E-state index is 14.0. The molecule has 0 aromatic carbocycles. The number of anilines is 1. The van der Waals surface area contributed by atoms with Crippen LogP contribution in [-0.4, -0.2) is 36.4 Å². The van der Waals surface area contributed by atoms with Crippen LogP contribution in [-0.2, 0) is 16.9 Å². The lowest BCUT2D eigenvalue weighted by Gasteiger charge is -2.34. The maximum Gasteiger partial charge on any atom is 0.172 e. The van der Waals surface area contributed by atoms with E-state index < -0.39 is 23.5 Å². The molecule has 0 radical (unpaired) electrons. The molecule has 3 aromatic rings. The van der Waals surface area contributed by atoms with Gasteiger partial charge in [-0.05, 0) is 38.5 Å². The Hall–Kier alpha value is -3.91. The van der Waals surface area contributed by atoms with Crippen LogP contribution in [0, 0.1) is 30.9 Å². The van der Waals surface area contributed by atoms with E-state index in [1.807, 2.05) is 0 Å². The molecule has 3 aromatic heterocycles. The monoisotopic (exact) mass is 525 g/mol. The van der Waals surface area contributed by atoms with Crippen molar-refractivity contribution in [2.75, 3.05) is 4.90 Å². The predicted octanol–water partition coefficient (Wildman–Crippen LogP) is 4.07. The van der Waals surface area contributed by atoms with Crippen molar-refractivity contribution >= 4 is 17.3 Å². The summed E-state index contributed by atoms with van der Waals surface area (Å²) in [4.78, 5) is 18.0. The number of halogens is 3. The summed E-state index contributed by atoms with van der Waals surface area (Å²) in [6.45, 7) is 4.56. The maximum absolute atomic E-state index is 14.0. The summed E-state index contributed by atoms with van der Waals surface area (Å²) < 4.78 is 32.7. The Balaban J connectivity index is 1.67. The third-order valence-electron chi connectivity index (χ3n) is 5.43. The average Bonchev–Trinajstić information content (AvgIpc) is 2.86. The molecule has 1 aliphatic rings. The predicted molar refractivity (Wildman–Crippen MR) is 132 cm³/mol.